The van der Waals surface area contributed by atoms with E-state index in [0.717, 1.165) is 58.2 Å². The highest BCUT2D eigenvalue weighted by atomic mass is 16.5. The van der Waals surface area contributed by atoms with Crippen LogP contribution in [0.25, 0.3) is 0 Å². The van der Waals surface area contributed by atoms with E-state index in [1.807, 2.05) is 12.4 Å². The van der Waals surface area contributed by atoms with Crippen molar-refractivity contribution in [2.75, 3.05) is 31.2 Å². The highest BCUT2D eigenvalue weighted by Crippen LogP contribution is 2.33. The van der Waals surface area contributed by atoms with E-state index in [4.69, 9.17) is 14.7 Å². The van der Waals surface area contributed by atoms with Crippen LogP contribution in [-0.4, -0.2) is 58.3 Å². The van der Waals surface area contributed by atoms with E-state index in [0.29, 0.717) is 6.04 Å². The second-order valence-corrected chi connectivity index (χ2v) is 10.8. The van der Waals surface area contributed by atoms with E-state index >= 15 is 0 Å². The molecule has 2 aromatic rings. The van der Waals surface area contributed by atoms with Gasteiger partial charge >= 0.3 is 0 Å². The molecular weight excluding hydrogens is 398 g/mol. The summed E-state index contributed by atoms with van der Waals surface area (Å²) in [6.07, 6.45) is 6.27. The highest BCUT2D eigenvalue weighted by molar-refractivity contribution is 5.30. The van der Waals surface area contributed by atoms with Crippen LogP contribution in [0, 0.1) is 6.92 Å². The molecule has 1 N–H and O–H groups in total. The van der Waals surface area contributed by atoms with Crippen molar-refractivity contribution in [1.82, 2.24) is 20.2 Å². The number of nitrogens with one attached hydrogen (secondary N) is 1. The van der Waals surface area contributed by atoms with Gasteiger partial charge in [-0.1, -0.05) is 24.3 Å². The number of morpholine rings is 1. The summed E-state index contributed by atoms with van der Waals surface area (Å²) in [5.41, 5.74) is 4.13. The van der Waals surface area contributed by atoms with Crippen LogP contribution in [0.15, 0.2) is 36.7 Å². The summed E-state index contributed by atoms with van der Waals surface area (Å²) in [5.74, 6) is 0.812. The van der Waals surface area contributed by atoms with E-state index in [9.17, 15) is 0 Å². The van der Waals surface area contributed by atoms with Gasteiger partial charge < -0.3 is 15.0 Å². The van der Waals surface area contributed by atoms with Crippen molar-refractivity contribution in [1.29, 1.82) is 0 Å². The van der Waals surface area contributed by atoms with Crippen LogP contribution in [-0.2, 0) is 17.8 Å². The maximum absolute atomic E-state index is 5.46. The predicted octanol–water partition coefficient (Wildman–Crippen LogP) is 3.93. The number of hydrogen-bond acceptors (Lipinski definition) is 6. The molecular formula is C26H39N5O. The highest BCUT2D eigenvalue weighted by Gasteiger charge is 2.40. The third-order valence-electron chi connectivity index (χ3n) is 6.69. The second kappa shape index (κ2) is 9.46. The fourth-order valence-electron chi connectivity index (χ4n) is 5.44. The number of nitrogens with zero attached hydrogens (tertiary/aromatic N) is 4. The fourth-order valence-corrected chi connectivity index (χ4v) is 5.44. The standard InChI is InChI=1S/C26H39N5O/c1-20-8-6-7-9-22(20)19-31(23-14-25(2,3)29-26(4,5)15-23)18-21-16-27-24(28-17-21)30-10-12-32-13-11-30/h6-9,16-17,23,29H,10-15,18-19H2,1-5H3. The molecule has 0 radical (unpaired) electrons. The average Bonchev–Trinajstić information content (AvgIpc) is 2.74. The average molecular weight is 438 g/mol. The fraction of sp³-hybridized carbons (Fsp3) is 0.615. The molecule has 2 aliphatic heterocycles. The van der Waals surface area contributed by atoms with Gasteiger partial charge in [0.2, 0.25) is 5.95 Å². The number of aromatic nitrogens is 2. The molecule has 1 aromatic heterocycles. The molecule has 32 heavy (non-hydrogen) atoms. The van der Waals surface area contributed by atoms with Crippen molar-refractivity contribution in [3.8, 4) is 0 Å². The lowest BCUT2D eigenvalue weighted by Gasteiger charge is -2.50. The number of hydrogen-bond donors (Lipinski definition) is 1. The largest absolute Gasteiger partial charge is 0.378 e. The van der Waals surface area contributed by atoms with Crippen LogP contribution in [0.4, 0.5) is 5.95 Å². The summed E-state index contributed by atoms with van der Waals surface area (Å²) < 4.78 is 5.46. The van der Waals surface area contributed by atoms with Gasteiger partial charge in [-0.3, -0.25) is 4.90 Å². The van der Waals surface area contributed by atoms with E-state index in [2.05, 4.69) is 74.0 Å². The normalized spacial score (nSPS) is 21.1. The number of rotatable bonds is 6. The smallest absolute Gasteiger partial charge is 0.225 e. The Morgan fingerprint density at radius 3 is 2.25 bits per heavy atom. The Bertz CT molecular complexity index is 873. The monoisotopic (exact) mass is 437 g/mol. The van der Waals surface area contributed by atoms with Crippen LogP contribution in [0.3, 0.4) is 0 Å². The molecule has 6 nitrogen and oxygen atoms in total. The molecule has 0 aliphatic carbocycles. The molecule has 2 fully saturated rings. The Balaban J connectivity index is 1.55. The number of benzene rings is 1. The first-order valence-electron chi connectivity index (χ1n) is 11.9. The van der Waals surface area contributed by atoms with Gasteiger partial charge in [0.05, 0.1) is 13.2 Å². The minimum Gasteiger partial charge on any atom is -0.378 e. The first-order valence-corrected chi connectivity index (χ1v) is 11.9. The molecule has 0 unspecified atom stereocenters. The number of ether oxygens (including phenoxy) is 1. The lowest BCUT2D eigenvalue weighted by Crippen LogP contribution is -2.62. The van der Waals surface area contributed by atoms with Gasteiger partial charge in [-0.2, -0.15) is 0 Å². The van der Waals surface area contributed by atoms with Crippen molar-refractivity contribution < 1.29 is 4.74 Å². The SMILES string of the molecule is Cc1ccccc1CN(Cc1cnc(N2CCOCC2)nc1)C1CC(C)(C)NC(C)(C)C1. The molecule has 1 aromatic carbocycles. The zero-order chi connectivity index (χ0) is 22.8. The summed E-state index contributed by atoms with van der Waals surface area (Å²) in [6, 6.07) is 9.23. The minimum atomic E-state index is 0.104. The van der Waals surface area contributed by atoms with Gasteiger partial charge in [-0.25, -0.2) is 9.97 Å². The molecule has 174 valence electrons. The zero-order valence-corrected chi connectivity index (χ0v) is 20.4. The lowest BCUT2D eigenvalue weighted by atomic mass is 9.78. The maximum atomic E-state index is 5.46. The molecule has 0 spiro atoms. The van der Waals surface area contributed by atoms with Gasteiger partial charge in [0.1, 0.15) is 0 Å². The van der Waals surface area contributed by atoms with Crippen LogP contribution >= 0.6 is 0 Å². The van der Waals surface area contributed by atoms with E-state index in [1.165, 1.54) is 16.7 Å². The molecule has 0 saturated carbocycles. The van der Waals surface area contributed by atoms with Gasteiger partial charge in [-0.15, -0.1) is 0 Å². The Morgan fingerprint density at radius 1 is 1.00 bits per heavy atom. The van der Waals surface area contributed by atoms with Crippen LogP contribution < -0.4 is 10.2 Å². The summed E-state index contributed by atoms with van der Waals surface area (Å²) in [4.78, 5) is 14.2. The zero-order valence-electron chi connectivity index (χ0n) is 20.4. The van der Waals surface area contributed by atoms with E-state index in [-0.39, 0.29) is 11.1 Å². The minimum absolute atomic E-state index is 0.104. The third-order valence-corrected chi connectivity index (χ3v) is 6.69. The molecule has 0 amide bonds. The van der Waals surface area contributed by atoms with E-state index < -0.39 is 0 Å². The van der Waals surface area contributed by atoms with Gasteiger partial charge in [0.15, 0.2) is 0 Å². The molecule has 0 bridgehead atoms. The Kier molecular flexibility index (Phi) is 6.84. The molecule has 6 heteroatoms. The van der Waals surface area contributed by atoms with Crippen molar-refractivity contribution in [3.05, 3.63) is 53.3 Å². The third kappa shape index (κ3) is 5.85. The van der Waals surface area contributed by atoms with Crippen molar-refractivity contribution in [2.45, 2.75) is 77.7 Å². The van der Waals surface area contributed by atoms with Gasteiger partial charge in [-0.05, 0) is 58.6 Å². The predicted molar refractivity (Wildman–Crippen MR) is 130 cm³/mol. The molecule has 0 atom stereocenters. The first kappa shape index (κ1) is 23.1. The summed E-state index contributed by atoms with van der Waals surface area (Å²) in [7, 11) is 0. The van der Waals surface area contributed by atoms with Gasteiger partial charge in [0.25, 0.3) is 0 Å². The van der Waals surface area contributed by atoms with Crippen LogP contribution in [0.1, 0.15) is 57.2 Å². The Hall–Kier alpha value is -2.02. The maximum Gasteiger partial charge on any atom is 0.225 e. The number of piperidine rings is 1. The number of anilines is 1. The van der Waals surface area contributed by atoms with Crippen LogP contribution in [0.5, 0.6) is 0 Å². The molecule has 4 rings (SSSR count). The van der Waals surface area contributed by atoms with Crippen molar-refractivity contribution >= 4 is 5.95 Å². The summed E-state index contributed by atoms with van der Waals surface area (Å²) in [6.45, 7) is 16.5. The van der Waals surface area contributed by atoms with Crippen molar-refractivity contribution in [3.63, 3.8) is 0 Å². The first-order chi connectivity index (χ1) is 15.2. The topological polar surface area (TPSA) is 53.5 Å². The molecule has 3 heterocycles. The Morgan fingerprint density at radius 2 is 1.62 bits per heavy atom. The van der Waals surface area contributed by atoms with Gasteiger partial charge in [0, 0.05) is 61.3 Å². The quantitative estimate of drug-likeness (QED) is 0.739. The Labute approximate surface area is 193 Å². The van der Waals surface area contributed by atoms with Crippen molar-refractivity contribution in [2.24, 2.45) is 0 Å². The summed E-state index contributed by atoms with van der Waals surface area (Å²) >= 11 is 0. The molecule has 2 aliphatic rings. The molecule has 2 saturated heterocycles. The lowest BCUT2D eigenvalue weighted by molar-refractivity contribution is 0.0561. The number of aryl methyl sites for hydroxylation is 1. The van der Waals surface area contributed by atoms with Crippen LogP contribution in [0.2, 0.25) is 0 Å². The van der Waals surface area contributed by atoms with E-state index in [1.54, 1.807) is 0 Å². The second-order valence-electron chi connectivity index (χ2n) is 10.8. The summed E-state index contributed by atoms with van der Waals surface area (Å²) in [5, 5.41) is 3.83.